The van der Waals surface area contributed by atoms with Crippen molar-refractivity contribution in [2.75, 3.05) is 6.61 Å². The number of nitrogens with zero attached hydrogens (tertiary/aromatic N) is 1. The topological polar surface area (TPSA) is 57.4 Å². The summed E-state index contributed by atoms with van der Waals surface area (Å²) in [7, 11) is 0. The molecule has 0 spiro atoms. The van der Waals surface area contributed by atoms with E-state index in [1.54, 1.807) is 12.4 Å². The van der Waals surface area contributed by atoms with Crippen molar-refractivity contribution >= 4 is 0 Å². The molecule has 1 atom stereocenters. The van der Waals surface area contributed by atoms with Gasteiger partial charge in [-0.05, 0) is 48.6 Å². The lowest BCUT2D eigenvalue weighted by Crippen LogP contribution is -2.29. The predicted octanol–water partition coefficient (Wildman–Crippen LogP) is 3.70. The zero-order chi connectivity index (χ0) is 16.4. The van der Waals surface area contributed by atoms with Crippen LogP contribution in [0.15, 0.2) is 30.6 Å². The lowest BCUT2D eigenvalue weighted by atomic mass is 9.95. The second-order valence-electron chi connectivity index (χ2n) is 6.64. The average molecular weight is 312 g/mol. The highest BCUT2D eigenvalue weighted by atomic mass is 16.5. The maximum absolute atomic E-state index is 6.12. The Morgan fingerprint density at radius 1 is 1.30 bits per heavy atom. The molecule has 0 saturated carbocycles. The van der Waals surface area contributed by atoms with Gasteiger partial charge in [0.2, 0.25) is 0 Å². The Hall–Kier alpha value is -2.07. The average Bonchev–Trinajstić information content (AvgIpc) is 2.52. The van der Waals surface area contributed by atoms with E-state index in [0.717, 1.165) is 34.6 Å². The lowest BCUT2D eigenvalue weighted by molar-refractivity contribution is 0.267. The summed E-state index contributed by atoms with van der Waals surface area (Å²) < 4.78 is 11.7. The van der Waals surface area contributed by atoms with Crippen molar-refractivity contribution in [2.45, 2.75) is 39.8 Å². The third kappa shape index (κ3) is 3.48. The summed E-state index contributed by atoms with van der Waals surface area (Å²) >= 11 is 0. The number of nitrogens with two attached hydrogens (primary N) is 1. The first-order chi connectivity index (χ1) is 11.0. The van der Waals surface area contributed by atoms with Crippen LogP contribution in [-0.4, -0.2) is 17.6 Å². The Morgan fingerprint density at radius 2 is 2.13 bits per heavy atom. The van der Waals surface area contributed by atoms with Crippen molar-refractivity contribution in [3.8, 4) is 22.6 Å². The molecule has 0 bridgehead atoms. The van der Waals surface area contributed by atoms with Crippen LogP contribution in [0.25, 0.3) is 11.1 Å². The van der Waals surface area contributed by atoms with E-state index in [9.17, 15) is 0 Å². The Morgan fingerprint density at radius 3 is 2.91 bits per heavy atom. The monoisotopic (exact) mass is 312 g/mol. The third-order valence-electron chi connectivity index (χ3n) is 4.09. The minimum atomic E-state index is 0.0634. The van der Waals surface area contributed by atoms with Crippen LogP contribution in [0.3, 0.4) is 0 Å². The minimum Gasteiger partial charge on any atom is -0.492 e. The van der Waals surface area contributed by atoms with Gasteiger partial charge in [0.05, 0.1) is 6.20 Å². The van der Waals surface area contributed by atoms with E-state index in [1.165, 1.54) is 5.56 Å². The molecule has 4 heteroatoms. The maximum atomic E-state index is 6.12. The van der Waals surface area contributed by atoms with Gasteiger partial charge in [0.25, 0.3) is 0 Å². The molecule has 1 aliphatic rings. The second-order valence-corrected chi connectivity index (χ2v) is 6.64. The molecule has 122 valence electrons. The smallest absolute Gasteiger partial charge is 0.145 e. The van der Waals surface area contributed by atoms with Gasteiger partial charge in [0.15, 0.2) is 0 Å². The zero-order valence-corrected chi connectivity index (χ0v) is 14.0. The van der Waals surface area contributed by atoms with Crippen LogP contribution in [0.2, 0.25) is 0 Å². The van der Waals surface area contributed by atoms with Crippen molar-refractivity contribution in [1.82, 2.24) is 4.98 Å². The zero-order valence-electron chi connectivity index (χ0n) is 14.0. The molecular weight excluding hydrogens is 288 g/mol. The van der Waals surface area contributed by atoms with Gasteiger partial charge in [-0.25, -0.2) is 0 Å². The summed E-state index contributed by atoms with van der Waals surface area (Å²) in [5, 5.41) is 0. The number of benzene rings is 1. The van der Waals surface area contributed by atoms with Crippen LogP contribution in [0.5, 0.6) is 11.5 Å². The standard InChI is InChI=1S/C19H24N2O2/c1-12(2)6-15(20)11-23-18-8-14-10-22-19-9-21-5-4-16(19)17(14)7-13(18)3/h4-5,7-9,12,15H,6,10-11,20H2,1-3H3. The van der Waals surface area contributed by atoms with Crippen LogP contribution < -0.4 is 15.2 Å². The summed E-state index contributed by atoms with van der Waals surface area (Å²) in [5.74, 6) is 2.31. The molecule has 4 nitrogen and oxygen atoms in total. The first kappa shape index (κ1) is 15.8. The first-order valence-electron chi connectivity index (χ1n) is 8.13. The molecule has 0 amide bonds. The van der Waals surface area contributed by atoms with Gasteiger partial charge < -0.3 is 15.2 Å². The molecule has 0 aliphatic carbocycles. The molecule has 1 aromatic carbocycles. The Kier molecular flexibility index (Phi) is 4.53. The predicted molar refractivity (Wildman–Crippen MR) is 91.7 cm³/mol. The molecule has 2 aromatic rings. The first-order valence-corrected chi connectivity index (χ1v) is 8.13. The molecule has 23 heavy (non-hydrogen) atoms. The minimum absolute atomic E-state index is 0.0634. The quantitative estimate of drug-likeness (QED) is 0.914. The molecule has 1 unspecified atom stereocenters. The van der Waals surface area contributed by atoms with Gasteiger partial charge in [-0.3, -0.25) is 4.98 Å². The van der Waals surface area contributed by atoms with Gasteiger partial charge in [0.1, 0.15) is 24.7 Å². The number of rotatable bonds is 5. The maximum Gasteiger partial charge on any atom is 0.145 e. The number of hydrogen-bond acceptors (Lipinski definition) is 4. The number of aryl methyl sites for hydroxylation is 1. The van der Waals surface area contributed by atoms with Gasteiger partial charge in [-0.2, -0.15) is 0 Å². The van der Waals surface area contributed by atoms with Crippen molar-refractivity contribution in [3.63, 3.8) is 0 Å². The fraction of sp³-hybridized carbons (Fsp3) is 0.421. The largest absolute Gasteiger partial charge is 0.492 e. The number of fused-ring (bicyclic) bond motifs is 3. The molecule has 0 fully saturated rings. The third-order valence-corrected chi connectivity index (χ3v) is 4.09. The number of pyridine rings is 1. The van der Waals surface area contributed by atoms with Crippen LogP contribution in [0.4, 0.5) is 0 Å². The molecule has 3 rings (SSSR count). The van der Waals surface area contributed by atoms with E-state index in [-0.39, 0.29) is 6.04 Å². The van der Waals surface area contributed by atoms with Crippen molar-refractivity contribution in [2.24, 2.45) is 11.7 Å². The summed E-state index contributed by atoms with van der Waals surface area (Å²) in [6.45, 7) is 7.50. The Balaban J connectivity index is 1.81. The highest BCUT2D eigenvalue weighted by Crippen LogP contribution is 2.39. The van der Waals surface area contributed by atoms with E-state index >= 15 is 0 Å². The van der Waals surface area contributed by atoms with E-state index in [0.29, 0.717) is 19.1 Å². The van der Waals surface area contributed by atoms with Crippen LogP contribution in [-0.2, 0) is 6.61 Å². The highest BCUT2D eigenvalue weighted by molar-refractivity contribution is 5.76. The Labute approximate surface area is 137 Å². The van der Waals surface area contributed by atoms with Crippen LogP contribution in [0.1, 0.15) is 31.4 Å². The van der Waals surface area contributed by atoms with E-state index in [2.05, 4.69) is 37.9 Å². The summed E-state index contributed by atoms with van der Waals surface area (Å²) in [6.07, 6.45) is 4.53. The molecule has 2 N–H and O–H groups in total. The number of hydrogen-bond donors (Lipinski definition) is 1. The fourth-order valence-corrected chi connectivity index (χ4v) is 3.00. The molecule has 2 heterocycles. The lowest BCUT2D eigenvalue weighted by Gasteiger charge is -2.23. The van der Waals surface area contributed by atoms with Crippen LogP contribution in [0, 0.1) is 12.8 Å². The fourth-order valence-electron chi connectivity index (χ4n) is 3.00. The molecule has 1 aromatic heterocycles. The Bertz CT molecular complexity index is 698. The van der Waals surface area contributed by atoms with Crippen molar-refractivity contribution in [1.29, 1.82) is 0 Å². The van der Waals surface area contributed by atoms with Gasteiger partial charge in [-0.15, -0.1) is 0 Å². The second kappa shape index (κ2) is 6.59. The molecule has 0 radical (unpaired) electrons. The molecule has 1 aliphatic heterocycles. The van der Waals surface area contributed by atoms with Crippen molar-refractivity contribution < 1.29 is 9.47 Å². The molecule has 0 saturated heterocycles. The summed E-state index contributed by atoms with van der Waals surface area (Å²) in [5.41, 5.74) is 10.7. The number of aromatic nitrogens is 1. The SMILES string of the molecule is Cc1cc2c(cc1OCC(N)CC(C)C)COc1cnccc1-2. The van der Waals surface area contributed by atoms with E-state index in [4.69, 9.17) is 15.2 Å². The normalized spacial score (nSPS) is 14.0. The van der Waals surface area contributed by atoms with E-state index in [1.807, 2.05) is 6.07 Å². The summed E-state index contributed by atoms with van der Waals surface area (Å²) in [6, 6.07) is 6.30. The van der Waals surface area contributed by atoms with Crippen LogP contribution >= 0.6 is 0 Å². The molecular formula is C19H24N2O2. The van der Waals surface area contributed by atoms with Crippen molar-refractivity contribution in [3.05, 3.63) is 41.7 Å². The number of ether oxygens (including phenoxy) is 2. The van der Waals surface area contributed by atoms with Gasteiger partial charge in [-0.1, -0.05) is 13.8 Å². The van der Waals surface area contributed by atoms with Gasteiger partial charge >= 0.3 is 0 Å². The van der Waals surface area contributed by atoms with E-state index < -0.39 is 0 Å². The summed E-state index contributed by atoms with van der Waals surface area (Å²) in [4.78, 5) is 4.12. The van der Waals surface area contributed by atoms with Gasteiger partial charge in [0, 0.05) is 23.4 Å². The highest BCUT2D eigenvalue weighted by Gasteiger charge is 2.19.